The number of nitrogens with one attached hydrogen (secondary N) is 4. The molecule has 1 heterocycles. The Morgan fingerprint density at radius 2 is 1.80 bits per heavy atom. The molecule has 1 fully saturated rings. The molecule has 0 saturated carbocycles. The lowest BCUT2D eigenvalue weighted by Crippen LogP contribution is -2.45. The minimum absolute atomic E-state index is 0.164. The van der Waals surface area contributed by atoms with E-state index < -0.39 is 12.1 Å². The molecule has 7 heteroatoms. The molecule has 7 nitrogen and oxygen atoms in total. The van der Waals surface area contributed by atoms with Crippen molar-refractivity contribution in [2.45, 2.75) is 19.3 Å². The third-order valence-electron chi connectivity index (χ3n) is 3.98. The van der Waals surface area contributed by atoms with Gasteiger partial charge in [0.05, 0.1) is 12.8 Å². The van der Waals surface area contributed by atoms with Crippen molar-refractivity contribution >= 4 is 17.3 Å². The third kappa shape index (κ3) is 4.27. The van der Waals surface area contributed by atoms with Gasteiger partial charge in [0.1, 0.15) is 17.8 Å². The first-order valence-corrected chi connectivity index (χ1v) is 8.29. The summed E-state index contributed by atoms with van der Waals surface area (Å²) >= 11 is 0. The van der Waals surface area contributed by atoms with Crippen molar-refractivity contribution in [2.24, 2.45) is 11.7 Å². The zero-order valence-electron chi connectivity index (χ0n) is 14.0. The molecule has 0 aromatic heterocycles. The first kappa shape index (κ1) is 17.2. The summed E-state index contributed by atoms with van der Waals surface area (Å²) in [7, 11) is 0. The van der Waals surface area contributed by atoms with E-state index in [1.54, 1.807) is 0 Å². The molecule has 3 unspecified atom stereocenters. The number of ether oxygens (including phenoxy) is 1. The monoisotopic (exact) mass is 341 g/mol. The summed E-state index contributed by atoms with van der Waals surface area (Å²) in [6.45, 7) is 2.53. The lowest BCUT2D eigenvalue weighted by Gasteiger charge is -2.22. The highest BCUT2D eigenvalue weighted by Crippen LogP contribution is 2.20. The van der Waals surface area contributed by atoms with Gasteiger partial charge >= 0.3 is 0 Å². The fraction of sp³-hybridized carbons (Fsp3) is 0.278. The van der Waals surface area contributed by atoms with Gasteiger partial charge in [0.15, 0.2) is 0 Å². The Bertz CT molecular complexity index is 692. The normalized spacial score (nSPS) is 22.4. The summed E-state index contributed by atoms with van der Waals surface area (Å²) in [5, 5.41) is 6.18. The number of nitrogens with two attached hydrogens (primary N) is 1. The smallest absolute Gasteiger partial charge is 0.233 e. The molecule has 0 spiro atoms. The van der Waals surface area contributed by atoms with Gasteiger partial charge in [-0.1, -0.05) is 18.2 Å². The number of hydrazine groups is 1. The van der Waals surface area contributed by atoms with Crippen LogP contribution in [0.4, 0.5) is 11.4 Å². The molecular formula is C18H23N5O2. The van der Waals surface area contributed by atoms with E-state index in [9.17, 15) is 4.79 Å². The van der Waals surface area contributed by atoms with Crippen molar-refractivity contribution in [1.29, 1.82) is 0 Å². The molecule has 1 amide bonds. The maximum absolute atomic E-state index is 12.7. The lowest BCUT2D eigenvalue weighted by molar-refractivity contribution is -0.120. The summed E-state index contributed by atoms with van der Waals surface area (Å²) in [5.74, 6) is 0.124. The zero-order valence-corrected chi connectivity index (χ0v) is 14.0. The van der Waals surface area contributed by atoms with Gasteiger partial charge in [-0.25, -0.2) is 10.9 Å². The third-order valence-corrected chi connectivity index (χ3v) is 3.98. The quantitative estimate of drug-likeness (QED) is 0.546. The van der Waals surface area contributed by atoms with Crippen LogP contribution in [0.2, 0.25) is 0 Å². The van der Waals surface area contributed by atoms with Crippen LogP contribution in [0, 0.1) is 5.92 Å². The number of hydrogen-bond acceptors (Lipinski definition) is 6. The first-order valence-electron chi connectivity index (χ1n) is 8.29. The highest BCUT2D eigenvalue weighted by Gasteiger charge is 2.39. The molecular weight excluding hydrogens is 318 g/mol. The SMILES string of the molecule is CCOc1ccc(NC(=O)C2C(N)NNC2Nc2ccccc2)cc1. The van der Waals surface area contributed by atoms with Gasteiger partial charge in [0.2, 0.25) is 5.91 Å². The van der Waals surface area contributed by atoms with Gasteiger partial charge in [0, 0.05) is 11.4 Å². The molecule has 3 atom stereocenters. The van der Waals surface area contributed by atoms with Gasteiger partial charge < -0.3 is 21.1 Å². The second-order valence-corrected chi connectivity index (χ2v) is 5.77. The molecule has 0 bridgehead atoms. The summed E-state index contributed by atoms with van der Waals surface area (Å²) in [6, 6.07) is 16.9. The summed E-state index contributed by atoms with van der Waals surface area (Å²) in [5.41, 5.74) is 13.6. The molecule has 0 radical (unpaired) electrons. The lowest BCUT2D eigenvalue weighted by atomic mass is 10.0. The van der Waals surface area contributed by atoms with E-state index in [1.165, 1.54) is 0 Å². The number of amides is 1. The number of rotatable bonds is 6. The molecule has 1 saturated heterocycles. The van der Waals surface area contributed by atoms with Crippen molar-refractivity contribution < 1.29 is 9.53 Å². The van der Waals surface area contributed by atoms with E-state index in [1.807, 2.05) is 61.5 Å². The van der Waals surface area contributed by atoms with Crippen LogP contribution < -0.4 is 32.0 Å². The maximum Gasteiger partial charge on any atom is 0.233 e. The summed E-state index contributed by atoms with van der Waals surface area (Å²) < 4.78 is 5.40. The molecule has 1 aliphatic heterocycles. The van der Waals surface area contributed by atoms with Crippen LogP contribution in [0.25, 0.3) is 0 Å². The second kappa shape index (κ2) is 7.98. The van der Waals surface area contributed by atoms with E-state index in [0.29, 0.717) is 12.3 Å². The molecule has 132 valence electrons. The van der Waals surface area contributed by atoms with Crippen LogP contribution in [0.3, 0.4) is 0 Å². The highest BCUT2D eigenvalue weighted by atomic mass is 16.5. The van der Waals surface area contributed by atoms with E-state index in [-0.39, 0.29) is 12.1 Å². The van der Waals surface area contributed by atoms with E-state index in [0.717, 1.165) is 11.4 Å². The Morgan fingerprint density at radius 1 is 1.08 bits per heavy atom. The highest BCUT2D eigenvalue weighted by molar-refractivity contribution is 5.94. The number of carbonyl (C=O) groups is 1. The Balaban J connectivity index is 1.66. The predicted molar refractivity (Wildman–Crippen MR) is 97.8 cm³/mol. The molecule has 1 aliphatic rings. The Hall–Kier alpha value is -2.61. The van der Waals surface area contributed by atoms with E-state index >= 15 is 0 Å². The summed E-state index contributed by atoms with van der Waals surface area (Å²) in [6.07, 6.45) is -0.816. The van der Waals surface area contributed by atoms with Crippen molar-refractivity contribution in [2.75, 3.05) is 17.2 Å². The topological polar surface area (TPSA) is 100 Å². The number of carbonyl (C=O) groups excluding carboxylic acids is 1. The molecule has 0 aliphatic carbocycles. The molecule has 6 N–H and O–H groups in total. The van der Waals surface area contributed by atoms with Crippen molar-refractivity contribution in [1.82, 2.24) is 10.9 Å². The standard InChI is InChI=1S/C18H23N5O2/c1-2-25-14-10-8-13(9-11-14)21-18(24)15-16(19)22-23-17(15)20-12-6-4-3-5-7-12/h3-11,15-17,20,22-23H,2,19H2,1H3,(H,21,24). The second-order valence-electron chi connectivity index (χ2n) is 5.77. The van der Waals surface area contributed by atoms with Gasteiger partial charge in [-0.05, 0) is 43.3 Å². The van der Waals surface area contributed by atoms with Crippen LogP contribution in [0.1, 0.15) is 6.92 Å². The van der Waals surface area contributed by atoms with Gasteiger partial charge in [-0.3, -0.25) is 4.79 Å². The average Bonchev–Trinajstić information content (AvgIpc) is 2.98. The predicted octanol–water partition coefficient (Wildman–Crippen LogP) is 1.47. The van der Waals surface area contributed by atoms with Crippen LogP contribution in [-0.2, 0) is 4.79 Å². The zero-order chi connectivity index (χ0) is 17.6. The number of benzene rings is 2. The van der Waals surface area contributed by atoms with Gasteiger partial charge in [-0.2, -0.15) is 0 Å². The van der Waals surface area contributed by atoms with Crippen LogP contribution >= 0.6 is 0 Å². The van der Waals surface area contributed by atoms with E-state index in [4.69, 9.17) is 10.5 Å². The first-order chi connectivity index (χ1) is 12.2. The minimum Gasteiger partial charge on any atom is -0.494 e. The van der Waals surface area contributed by atoms with E-state index in [2.05, 4.69) is 21.5 Å². The van der Waals surface area contributed by atoms with Crippen molar-refractivity contribution in [3.05, 3.63) is 54.6 Å². The fourth-order valence-electron chi connectivity index (χ4n) is 2.75. The molecule has 2 aromatic carbocycles. The fourth-order valence-corrected chi connectivity index (χ4v) is 2.75. The van der Waals surface area contributed by atoms with Crippen LogP contribution in [0.15, 0.2) is 54.6 Å². The van der Waals surface area contributed by atoms with Crippen molar-refractivity contribution in [3.8, 4) is 5.75 Å². The molecule has 3 rings (SSSR count). The van der Waals surface area contributed by atoms with Gasteiger partial charge in [-0.15, -0.1) is 0 Å². The van der Waals surface area contributed by atoms with Crippen LogP contribution in [-0.4, -0.2) is 24.8 Å². The Morgan fingerprint density at radius 3 is 2.48 bits per heavy atom. The number of anilines is 2. The van der Waals surface area contributed by atoms with Gasteiger partial charge in [0.25, 0.3) is 0 Å². The Kier molecular flexibility index (Phi) is 5.49. The molecule has 2 aromatic rings. The Labute approximate surface area is 146 Å². The van der Waals surface area contributed by atoms with Crippen LogP contribution in [0.5, 0.6) is 5.75 Å². The summed E-state index contributed by atoms with van der Waals surface area (Å²) in [4.78, 5) is 12.7. The average molecular weight is 341 g/mol. The maximum atomic E-state index is 12.7. The molecule has 25 heavy (non-hydrogen) atoms. The largest absolute Gasteiger partial charge is 0.494 e. The minimum atomic E-state index is -0.496. The number of para-hydroxylation sites is 1. The number of hydrogen-bond donors (Lipinski definition) is 5. The van der Waals surface area contributed by atoms with Crippen molar-refractivity contribution in [3.63, 3.8) is 0 Å².